The van der Waals surface area contributed by atoms with E-state index in [0.29, 0.717) is 32.5 Å². The molecule has 2 aromatic carbocycles. The lowest BCUT2D eigenvalue weighted by Crippen LogP contribution is -2.45. The Morgan fingerprint density at radius 3 is 2.45 bits per heavy atom. The van der Waals surface area contributed by atoms with E-state index in [0.717, 1.165) is 5.69 Å². The van der Waals surface area contributed by atoms with Crippen LogP contribution in [-0.4, -0.2) is 36.3 Å². The van der Waals surface area contributed by atoms with Crippen LogP contribution >= 0.6 is 0 Å². The van der Waals surface area contributed by atoms with Gasteiger partial charge in [0.2, 0.25) is 11.8 Å². The molecule has 164 valence electrons. The van der Waals surface area contributed by atoms with Gasteiger partial charge in [-0.05, 0) is 74.3 Å². The highest BCUT2D eigenvalue weighted by Gasteiger charge is 2.27. The number of aryl methyl sites for hydroxylation is 2. The molecule has 0 bridgehead atoms. The predicted molar refractivity (Wildman–Crippen MR) is 124 cm³/mol. The van der Waals surface area contributed by atoms with Crippen molar-refractivity contribution < 1.29 is 9.59 Å². The highest BCUT2D eigenvalue weighted by atomic mass is 16.2. The second kappa shape index (κ2) is 10.1. The maximum absolute atomic E-state index is 12.7. The largest absolute Gasteiger partial charge is 0.342 e. The Morgan fingerprint density at radius 2 is 1.71 bits per heavy atom. The fraction of sp³-hybridized carbons (Fsp3) is 0.462. The molecule has 0 unspecified atom stereocenters. The summed E-state index contributed by atoms with van der Waals surface area (Å²) in [4.78, 5) is 27.1. The number of para-hydroxylation sites is 1. The van der Waals surface area contributed by atoms with E-state index in [2.05, 4.69) is 35.8 Å². The highest BCUT2D eigenvalue weighted by molar-refractivity contribution is 5.92. The number of anilines is 1. The highest BCUT2D eigenvalue weighted by Crippen LogP contribution is 2.25. The standard InChI is InChI=1S/C26H33N3O2/c1-19(22-12-11-20-7-5-6-8-23(20)17-22)27-18-25(30)29-15-13-21(14-16-29)26(31)28-24-9-3-2-4-10-24/h2-4,9-12,17,19,21,27H,5-8,13-16,18H2,1H3,(H,28,31)/t19-/m0/s1. The van der Waals surface area contributed by atoms with E-state index in [1.165, 1.54) is 42.4 Å². The van der Waals surface area contributed by atoms with Gasteiger partial charge in [-0.1, -0.05) is 36.4 Å². The molecule has 1 atom stereocenters. The molecule has 31 heavy (non-hydrogen) atoms. The summed E-state index contributed by atoms with van der Waals surface area (Å²) in [5.41, 5.74) is 5.04. The number of rotatable bonds is 6. The predicted octanol–water partition coefficient (Wildman–Crippen LogP) is 4.09. The number of hydrogen-bond acceptors (Lipinski definition) is 3. The van der Waals surface area contributed by atoms with E-state index >= 15 is 0 Å². The maximum atomic E-state index is 12.7. The van der Waals surface area contributed by atoms with Gasteiger partial charge in [-0.3, -0.25) is 9.59 Å². The van der Waals surface area contributed by atoms with E-state index in [9.17, 15) is 9.59 Å². The van der Waals surface area contributed by atoms with Gasteiger partial charge in [0, 0.05) is 30.7 Å². The number of piperidine rings is 1. The van der Waals surface area contributed by atoms with Crippen LogP contribution in [0.15, 0.2) is 48.5 Å². The van der Waals surface area contributed by atoms with E-state index in [4.69, 9.17) is 0 Å². The van der Waals surface area contributed by atoms with Crippen LogP contribution in [0.5, 0.6) is 0 Å². The van der Waals surface area contributed by atoms with Crippen molar-refractivity contribution in [2.75, 3.05) is 25.0 Å². The molecule has 2 amide bonds. The van der Waals surface area contributed by atoms with Gasteiger partial charge < -0.3 is 15.5 Å². The first-order valence-corrected chi connectivity index (χ1v) is 11.6. The third-order valence-electron chi connectivity index (χ3n) is 6.69. The third-order valence-corrected chi connectivity index (χ3v) is 6.69. The van der Waals surface area contributed by atoms with Crippen molar-refractivity contribution in [2.24, 2.45) is 5.92 Å². The Hall–Kier alpha value is -2.66. The Balaban J connectivity index is 1.22. The zero-order valence-electron chi connectivity index (χ0n) is 18.4. The summed E-state index contributed by atoms with van der Waals surface area (Å²) in [6.07, 6.45) is 6.35. The summed E-state index contributed by atoms with van der Waals surface area (Å²) < 4.78 is 0. The topological polar surface area (TPSA) is 61.4 Å². The molecular weight excluding hydrogens is 386 g/mol. The zero-order chi connectivity index (χ0) is 21.6. The normalized spacial score (nSPS) is 17.6. The number of benzene rings is 2. The molecule has 1 aliphatic carbocycles. The molecule has 1 heterocycles. The van der Waals surface area contributed by atoms with Crippen LogP contribution in [0.3, 0.4) is 0 Å². The third kappa shape index (κ3) is 5.53. The minimum absolute atomic E-state index is 0.0355. The zero-order valence-corrected chi connectivity index (χ0v) is 18.4. The second-order valence-corrected chi connectivity index (χ2v) is 8.85. The minimum Gasteiger partial charge on any atom is -0.342 e. The van der Waals surface area contributed by atoms with Crippen molar-refractivity contribution in [3.05, 3.63) is 65.2 Å². The summed E-state index contributed by atoms with van der Waals surface area (Å²) in [5.74, 6) is 0.135. The molecule has 1 saturated heterocycles. The smallest absolute Gasteiger partial charge is 0.236 e. The monoisotopic (exact) mass is 419 g/mol. The van der Waals surface area contributed by atoms with E-state index in [-0.39, 0.29) is 23.8 Å². The molecule has 0 radical (unpaired) electrons. The van der Waals surface area contributed by atoms with E-state index in [1.54, 1.807) is 0 Å². The number of carbonyl (C=O) groups excluding carboxylic acids is 2. The molecule has 1 fully saturated rings. The minimum atomic E-state index is -0.0355. The number of hydrogen-bond donors (Lipinski definition) is 2. The average molecular weight is 420 g/mol. The summed E-state index contributed by atoms with van der Waals surface area (Å²) >= 11 is 0. The molecule has 4 rings (SSSR count). The molecule has 0 spiro atoms. The molecule has 2 aliphatic rings. The Labute approximate surface area is 185 Å². The van der Waals surface area contributed by atoms with Gasteiger partial charge in [-0.2, -0.15) is 0 Å². The van der Waals surface area contributed by atoms with E-state index in [1.807, 2.05) is 35.2 Å². The van der Waals surface area contributed by atoms with Crippen molar-refractivity contribution in [3.8, 4) is 0 Å². The number of carbonyl (C=O) groups is 2. The van der Waals surface area contributed by atoms with Crippen molar-refractivity contribution in [1.29, 1.82) is 0 Å². The van der Waals surface area contributed by atoms with E-state index < -0.39 is 0 Å². The van der Waals surface area contributed by atoms with Crippen LogP contribution in [-0.2, 0) is 22.4 Å². The maximum Gasteiger partial charge on any atom is 0.236 e. The molecule has 1 aliphatic heterocycles. The number of likely N-dealkylation sites (tertiary alicyclic amines) is 1. The molecule has 2 aromatic rings. The van der Waals surface area contributed by atoms with Gasteiger partial charge >= 0.3 is 0 Å². The molecule has 0 saturated carbocycles. The van der Waals surface area contributed by atoms with Gasteiger partial charge in [-0.25, -0.2) is 0 Å². The summed E-state index contributed by atoms with van der Waals surface area (Å²) in [6.45, 7) is 3.73. The number of nitrogens with one attached hydrogen (secondary N) is 2. The Kier molecular flexibility index (Phi) is 7.03. The lowest BCUT2D eigenvalue weighted by atomic mass is 9.89. The fourth-order valence-electron chi connectivity index (χ4n) is 4.65. The van der Waals surface area contributed by atoms with Crippen molar-refractivity contribution in [2.45, 2.75) is 51.5 Å². The van der Waals surface area contributed by atoms with Crippen LogP contribution in [0, 0.1) is 5.92 Å². The van der Waals surface area contributed by atoms with Crippen LogP contribution in [0.25, 0.3) is 0 Å². The lowest BCUT2D eigenvalue weighted by Gasteiger charge is -2.32. The van der Waals surface area contributed by atoms with Gasteiger partial charge in [0.05, 0.1) is 6.54 Å². The quantitative estimate of drug-likeness (QED) is 0.741. The fourth-order valence-corrected chi connectivity index (χ4v) is 4.65. The first-order chi connectivity index (χ1) is 15.1. The average Bonchev–Trinajstić information content (AvgIpc) is 2.82. The number of nitrogens with zero attached hydrogens (tertiary/aromatic N) is 1. The van der Waals surface area contributed by atoms with Crippen LogP contribution in [0.4, 0.5) is 5.69 Å². The summed E-state index contributed by atoms with van der Waals surface area (Å²) in [6, 6.07) is 16.5. The molecule has 5 heteroatoms. The van der Waals surface area contributed by atoms with Crippen molar-refractivity contribution in [3.63, 3.8) is 0 Å². The van der Waals surface area contributed by atoms with Crippen LogP contribution < -0.4 is 10.6 Å². The van der Waals surface area contributed by atoms with Crippen LogP contribution in [0.1, 0.15) is 55.3 Å². The van der Waals surface area contributed by atoms with Gasteiger partial charge in [0.1, 0.15) is 0 Å². The van der Waals surface area contributed by atoms with Crippen LogP contribution in [0.2, 0.25) is 0 Å². The number of amides is 2. The number of fused-ring (bicyclic) bond motifs is 1. The first-order valence-electron chi connectivity index (χ1n) is 11.6. The van der Waals surface area contributed by atoms with Gasteiger partial charge in [0.15, 0.2) is 0 Å². The Morgan fingerprint density at radius 1 is 1.00 bits per heavy atom. The summed E-state index contributed by atoms with van der Waals surface area (Å²) in [5, 5.41) is 6.38. The summed E-state index contributed by atoms with van der Waals surface area (Å²) in [7, 11) is 0. The first kappa shape index (κ1) is 21.6. The molecule has 0 aromatic heterocycles. The second-order valence-electron chi connectivity index (χ2n) is 8.85. The van der Waals surface area contributed by atoms with Gasteiger partial charge in [-0.15, -0.1) is 0 Å². The molecule has 2 N–H and O–H groups in total. The molecule has 5 nitrogen and oxygen atoms in total. The lowest BCUT2D eigenvalue weighted by molar-refractivity contribution is -0.133. The van der Waals surface area contributed by atoms with Crippen molar-refractivity contribution in [1.82, 2.24) is 10.2 Å². The van der Waals surface area contributed by atoms with Crippen molar-refractivity contribution >= 4 is 17.5 Å². The Bertz CT molecular complexity index is 904. The molecular formula is C26H33N3O2. The SMILES string of the molecule is C[C@H](NCC(=O)N1CCC(C(=O)Nc2ccccc2)CC1)c1ccc2c(c1)CCCC2. The van der Waals surface area contributed by atoms with Gasteiger partial charge in [0.25, 0.3) is 0 Å².